The van der Waals surface area contributed by atoms with E-state index in [0.29, 0.717) is 6.54 Å². The summed E-state index contributed by atoms with van der Waals surface area (Å²) in [7, 11) is 0. The normalized spacial score (nSPS) is 12.1. The third kappa shape index (κ3) is 6.15. The fraction of sp³-hybridized carbons (Fsp3) is 0.647. The number of anilines is 1. The van der Waals surface area contributed by atoms with E-state index < -0.39 is 0 Å². The number of carbonyl (C=O) groups excluding carboxylic acids is 1. The van der Waals surface area contributed by atoms with Crippen LogP contribution < -0.4 is 10.2 Å². The van der Waals surface area contributed by atoms with Gasteiger partial charge in [-0.05, 0) is 17.5 Å². The van der Waals surface area contributed by atoms with E-state index in [-0.39, 0.29) is 10.8 Å². The quantitative estimate of drug-likeness (QED) is 0.647. The van der Waals surface area contributed by atoms with Crippen LogP contribution in [0.4, 0.5) is 5.69 Å². The summed E-state index contributed by atoms with van der Waals surface area (Å²) in [6.07, 6.45) is 2.68. The molecule has 0 spiro atoms. The summed E-state index contributed by atoms with van der Waals surface area (Å²) in [4.78, 5) is 17.3. The number of hydrogen-bond acceptors (Lipinski definition) is 3. The molecule has 0 aliphatic rings. The second-order valence-electron chi connectivity index (χ2n) is 7.71. The minimum absolute atomic E-state index is 0.0620. The van der Waals surface area contributed by atoms with Crippen LogP contribution in [0.5, 0.6) is 0 Å². The predicted octanol–water partition coefficient (Wildman–Crippen LogP) is 2.98. The smallest absolute Gasteiger partial charge is 0.207 e. The molecule has 4 heteroatoms. The Morgan fingerprint density at radius 2 is 1.86 bits per heavy atom. The molecule has 0 fully saturated rings. The third-order valence-electron chi connectivity index (χ3n) is 3.16. The average molecular weight is 291 g/mol. The van der Waals surface area contributed by atoms with Gasteiger partial charge < -0.3 is 10.2 Å². The molecule has 1 aromatic rings. The maximum Gasteiger partial charge on any atom is 0.207 e. The first-order valence-electron chi connectivity index (χ1n) is 7.52. The Morgan fingerprint density at radius 3 is 2.29 bits per heavy atom. The summed E-state index contributed by atoms with van der Waals surface area (Å²) in [5.74, 6) is 0. The van der Waals surface area contributed by atoms with Crippen molar-refractivity contribution in [2.45, 2.75) is 47.0 Å². The van der Waals surface area contributed by atoms with Gasteiger partial charge in [-0.25, -0.2) is 0 Å². The van der Waals surface area contributed by atoms with E-state index in [0.717, 1.165) is 30.9 Å². The van der Waals surface area contributed by atoms with Crippen LogP contribution >= 0.6 is 0 Å². The fourth-order valence-corrected chi connectivity index (χ4v) is 2.15. The third-order valence-corrected chi connectivity index (χ3v) is 3.16. The Bertz CT molecular complexity index is 441. The van der Waals surface area contributed by atoms with Crippen LogP contribution in [0.1, 0.15) is 47.2 Å². The molecular formula is C17H29N3O. The Balaban J connectivity index is 2.88. The first kappa shape index (κ1) is 17.5. The monoisotopic (exact) mass is 291 g/mol. The highest BCUT2D eigenvalue weighted by Gasteiger charge is 2.19. The van der Waals surface area contributed by atoms with E-state index in [9.17, 15) is 4.79 Å². The summed E-state index contributed by atoms with van der Waals surface area (Å²) in [6, 6.07) is 4.22. The number of aromatic nitrogens is 1. The van der Waals surface area contributed by atoms with Gasteiger partial charge in [0.2, 0.25) is 6.41 Å². The number of rotatable bonds is 6. The maximum atomic E-state index is 10.4. The summed E-state index contributed by atoms with van der Waals surface area (Å²) in [6.45, 7) is 15.5. The van der Waals surface area contributed by atoms with Gasteiger partial charge in [-0.15, -0.1) is 0 Å². The number of hydrogen-bond donors (Lipinski definition) is 1. The van der Waals surface area contributed by atoms with Gasteiger partial charge in [0.05, 0.1) is 11.9 Å². The number of pyridine rings is 1. The van der Waals surface area contributed by atoms with E-state index in [2.05, 4.69) is 68.9 Å². The SMILES string of the molecule is CC(C)(C)CN(CCNC=O)c1ccc(C(C)(C)C)nc1. The van der Waals surface area contributed by atoms with Crippen molar-refractivity contribution in [2.75, 3.05) is 24.5 Å². The molecule has 1 N–H and O–H groups in total. The number of carbonyl (C=O) groups is 1. The first-order valence-corrected chi connectivity index (χ1v) is 7.52. The van der Waals surface area contributed by atoms with Gasteiger partial charge in [-0.1, -0.05) is 41.5 Å². The van der Waals surface area contributed by atoms with Crippen molar-refractivity contribution in [3.05, 3.63) is 24.0 Å². The van der Waals surface area contributed by atoms with Crippen molar-refractivity contribution < 1.29 is 4.79 Å². The van der Waals surface area contributed by atoms with E-state index in [4.69, 9.17) is 0 Å². The lowest BCUT2D eigenvalue weighted by molar-refractivity contribution is -0.109. The number of nitrogens with one attached hydrogen (secondary N) is 1. The van der Waals surface area contributed by atoms with Gasteiger partial charge in [-0.2, -0.15) is 0 Å². The molecule has 1 heterocycles. The molecule has 0 atom stereocenters. The number of amides is 1. The molecule has 1 rings (SSSR count). The van der Waals surface area contributed by atoms with Crippen LogP contribution in [0, 0.1) is 5.41 Å². The van der Waals surface area contributed by atoms with E-state index >= 15 is 0 Å². The zero-order chi connectivity index (χ0) is 16.1. The van der Waals surface area contributed by atoms with Gasteiger partial charge in [-0.3, -0.25) is 9.78 Å². The van der Waals surface area contributed by atoms with Crippen LogP contribution in [0.3, 0.4) is 0 Å². The summed E-state index contributed by atoms with van der Waals surface area (Å²) in [5, 5.41) is 2.73. The van der Waals surface area contributed by atoms with E-state index in [1.165, 1.54) is 0 Å². The van der Waals surface area contributed by atoms with Crippen molar-refractivity contribution in [3.8, 4) is 0 Å². The second-order valence-corrected chi connectivity index (χ2v) is 7.71. The molecule has 0 aliphatic heterocycles. The lowest BCUT2D eigenvalue weighted by atomic mass is 9.91. The summed E-state index contributed by atoms with van der Waals surface area (Å²) in [5.41, 5.74) is 2.44. The zero-order valence-corrected chi connectivity index (χ0v) is 14.2. The molecule has 0 saturated heterocycles. The van der Waals surface area contributed by atoms with Crippen LogP contribution in [0.2, 0.25) is 0 Å². The van der Waals surface area contributed by atoms with E-state index in [1.807, 2.05) is 6.20 Å². The topological polar surface area (TPSA) is 45.2 Å². The maximum absolute atomic E-state index is 10.4. The molecule has 0 aliphatic carbocycles. The molecule has 0 saturated carbocycles. The molecule has 0 radical (unpaired) electrons. The van der Waals surface area contributed by atoms with Crippen LogP contribution in [-0.4, -0.2) is 31.0 Å². The molecule has 21 heavy (non-hydrogen) atoms. The lowest BCUT2D eigenvalue weighted by Gasteiger charge is -2.32. The van der Waals surface area contributed by atoms with E-state index in [1.54, 1.807) is 0 Å². The van der Waals surface area contributed by atoms with Crippen molar-refractivity contribution in [1.29, 1.82) is 0 Å². The summed E-state index contributed by atoms with van der Waals surface area (Å²) >= 11 is 0. The molecule has 118 valence electrons. The first-order chi connectivity index (χ1) is 9.63. The van der Waals surface area contributed by atoms with Gasteiger partial charge in [0.15, 0.2) is 0 Å². The van der Waals surface area contributed by atoms with Crippen molar-refractivity contribution in [1.82, 2.24) is 10.3 Å². The molecular weight excluding hydrogens is 262 g/mol. The fourth-order valence-electron chi connectivity index (χ4n) is 2.15. The molecule has 4 nitrogen and oxygen atoms in total. The van der Waals surface area contributed by atoms with Crippen molar-refractivity contribution in [2.24, 2.45) is 5.41 Å². The van der Waals surface area contributed by atoms with Crippen LogP contribution in [0.25, 0.3) is 0 Å². The van der Waals surface area contributed by atoms with Crippen LogP contribution in [0.15, 0.2) is 18.3 Å². The minimum atomic E-state index is 0.0620. The standard InChI is InChI=1S/C17H29N3O/c1-16(2,3)12-20(10-9-18-13-21)14-7-8-15(19-11-14)17(4,5)6/h7-8,11,13H,9-10,12H2,1-6H3,(H,18,21). The average Bonchev–Trinajstić information content (AvgIpc) is 2.35. The highest BCUT2D eigenvalue weighted by Crippen LogP contribution is 2.24. The predicted molar refractivity (Wildman–Crippen MR) is 88.7 cm³/mol. The van der Waals surface area contributed by atoms with Crippen molar-refractivity contribution >= 4 is 12.1 Å². The van der Waals surface area contributed by atoms with Gasteiger partial charge in [0, 0.05) is 30.7 Å². The highest BCUT2D eigenvalue weighted by molar-refractivity contribution is 5.48. The van der Waals surface area contributed by atoms with Crippen molar-refractivity contribution in [3.63, 3.8) is 0 Å². The Kier molecular flexibility index (Phi) is 5.76. The van der Waals surface area contributed by atoms with Gasteiger partial charge in [0.25, 0.3) is 0 Å². The highest BCUT2D eigenvalue weighted by atomic mass is 16.1. The molecule has 0 unspecified atom stereocenters. The Morgan fingerprint density at radius 1 is 1.19 bits per heavy atom. The minimum Gasteiger partial charge on any atom is -0.368 e. The molecule has 0 aromatic carbocycles. The van der Waals surface area contributed by atoms with Crippen LogP contribution in [-0.2, 0) is 10.2 Å². The summed E-state index contributed by atoms with van der Waals surface area (Å²) < 4.78 is 0. The largest absolute Gasteiger partial charge is 0.368 e. The lowest BCUT2D eigenvalue weighted by Crippen LogP contribution is -2.37. The van der Waals surface area contributed by atoms with Gasteiger partial charge >= 0.3 is 0 Å². The molecule has 1 aromatic heterocycles. The zero-order valence-electron chi connectivity index (χ0n) is 14.2. The second kappa shape index (κ2) is 6.92. The molecule has 1 amide bonds. The molecule has 0 bridgehead atoms. The Hall–Kier alpha value is -1.58. The Labute approximate surface area is 129 Å². The number of nitrogens with zero attached hydrogens (tertiary/aromatic N) is 2. The van der Waals surface area contributed by atoms with Gasteiger partial charge in [0.1, 0.15) is 0 Å².